The molecule has 0 fully saturated rings. The van der Waals surface area contributed by atoms with Gasteiger partial charge in [0.05, 0.1) is 26.4 Å². The molecule has 0 heterocycles. The van der Waals surface area contributed by atoms with E-state index >= 15 is 0 Å². The number of hydrogen-bond acceptors (Lipinski definition) is 15. The van der Waals surface area contributed by atoms with Crippen LogP contribution in [0.2, 0.25) is 0 Å². The van der Waals surface area contributed by atoms with Crippen molar-refractivity contribution in [2.45, 2.75) is 355 Å². The fraction of sp³-hybridized carbons (Fsp3) is 0.940. The maximum Gasteiger partial charge on any atom is 0.472 e. The lowest BCUT2D eigenvalue weighted by Gasteiger charge is -2.21. The highest BCUT2D eigenvalue weighted by atomic mass is 31.2. The molecule has 19 heteroatoms. The van der Waals surface area contributed by atoms with Crippen molar-refractivity contribution in [2.75, 3.05) is 39.6 Å². The van der Waals surface area contributed by atoms with Crippen molar-refractivity contribution in [3.63, 3.8) is 0 Å². The average Bonchev–Trinajstić information content (AvgIpc) is 3.70. The topological polar surface area (TPSA) is 237 Å². The molecule has 0 aliphatic carbocycles. The number of unbranched alkanes of at least 4 members (excludes halogenated alkanes) is 35. The van der Waals surface area contributed by atoms with E-state index in [-0.39, 0.29) is 25.7 Å². The predicted molar refractivity (Wildman–Crippen MR) is 345 cm³/mol. The van der Waals surface area contributed by atoms with E-state index in [9.17, 15) is 43.2 Å². The maximum atomic E-state index is 13.0. The van der Waals surface area contributed by atoms with Crippen LogP contribution in [0.15, 0.2) is 0 Å². The van der Waals surface area contributed by atoms with Crippen LogP contribution in [-0.4, -0.2) is 96.7 Å². The van der Waals surface area contributed by atoms with Crippen LogP contribution in [0.3, 0.4) is 0 Å². The predicted octanol–water partition coefficient (Wildman–Crippen LogP) is 18.8. The fourth-order valence-corrected chi connectivity index (χ4v) is 11.6. The molecule has 0 aromatic rings. The minimum absolute atomic E-state index is 0.106. The van der Waals surface area contributed by atoms with Crippen molar-refractivity contribution in [3.8, 4) is 0 Å². The maximum absolute atomic E-state index is 13.0. The molecule has 6 atom stereocenters. The summed E-state index contributed by atoms with van der Waals surface area (Å²) in [5, 5.41) is 10.6. The molecular formula is C67H130O17P2. The molecule has 0 aliphatic heterocycles. The third-order valence-corrected chi connectivity index (χ3v) is 17.7. The van der Waals surface area contributed by atoms with Crippen LogP contribution < -0.4 is 0 Å². The Bertz CT molecular complexity index is 1690. The van der Waals surface area contributed by atoms with Gasteiger partial charge in [0.2, 0.25) is 0 Å². The Kier molecular flexibility index (Phi) is 58.0. The summed E-state index contributed by atoms with van der Waals surface area (Å²) < 4.78 is 68.1. The highest BCUT2D eigenvalue weighted by molar-refractivity contribution is 7.47. The number of phosphoric acid groups is 2. The van der Waals surface area contributed by atoms with E-state index in [0.29, 0.717) is 31.6 Å². The average molecular weight is 1270 g/mol. The van der Waals surface area contributed by atoms with Crippen LogP contribution >= 0.6 is 15.6 Å². The zero-order valence-electron chi connectivity index (χ0n) is 55.6. The molecule has 0 aliphatic rings. The van der Waals surface area contributed by atoms with Crippen LogP contribution in [0.1, 0.15) is 337 Å². The molecule has 0 saturated carbocycles. The molecule has 0 aromatic carbocycles. The third kappa shape index (κ3) is 59.7. The van der Waals surface area contributed by atoms with Gasteiger partial charge in [-0.05, 0) is 37.5 Å². The zero-order valence-corrected chi connectivity index (χ0v) is 57.4. The van der Waals surface area contributed by atoms with Gasteiger partial charge in [-0.25, -0.2) is 9.13 Å². The van der Waals surface area contributed by atoms with Gasteiger partial charge in [0.1, 0.15) is 19.3 Å². The molecule has 0 saturated heterocycles. The molecule has 86 heavy (non-hydrogen) atoms. The third-order valence-electron chi connectivity index (χ3n) is 15.8. The number of phosphoric ester groups is 2. The SMILES string of the molecule is CCCCCCCCCCCCCCCCC(=O)O[C@H](COC(=O)CCCCCCCCCCC(C)CC)COP(=O)(O)OC[C@@H](O)COP(=O)(O)OC[C@@H](COC(=O)CCCCCCCCC(C)C)OC(=O)CCCCCCCCCCCCC. The van der Waals surface area contributed by atoms with Crippen molar-refractivity contribution >= 4 is 39.5 Å². The highest BCUT2D eigenvalue weighted by Crippen LogP contribution is 2.45. The van der Waals surface area contributed by atoms with Gasteiger partial charge < -0.3 is 33.8 Å². The summed E-state index contributed by atoms with van der Waals surface area (Å²) in [4.78, 5) is 72.4. The highest BCUT2D eigenvalue weighted by Gasteiger charge is 2.30. The lowest BCUT2D eigenvalue weighted by Crippen LogP contribution is -2.30. The number of esters is 4. The van der Waals surface area contributed by atoms with E-state index < -0.39 is 97.5 Å². The molecule has 3 unspecified atom stereocenters. The van der Waals surface area contributed by atoms with Gasteiger partial charge in [0.15, 0.2) is 12.2 Å². The van der Waals surface area contributed by atoms with Gasteiger partial charge in [-0.1, -0.05) is 286 Å². The van der Waals surface area contributed by atoms with E-state index in [2.05, 4.69) is 41.5 Å². The van der Waals surface area contributed by atoms with Crippen LogP contribution in [0.4, 0.5) is 0 Å². The smallest absolute Gasteiger partial charge is 0.462 e. The van der Waals surface area contributed by atoms with E-state index in [1.54, 1.807) is 0 Å². The van der Waals surface area contributed by atoms with Crippen molar-refractivity contribution in [2.24, 2.45) is 11.8 Å². The lowest BCUT2D eigenvalue weighted by atomic mass is 9.99. The van der Waals surface area contributed by atoms with Gasteiger partial charge in [-0.2, -0.15) is 0 Å². The minimum Gasteiger partial charge on any atom is -0.462 e. The van der Waals surface area contributed by atoms with E-state index in [1.807, 2.05) is 0 Å². The second kappa shape index (κ2) is 59.4. The second-order valence-corrected chi connectivity index (χ2v) is 27.8. The lowest BCUT2D eigenvalue weighted by molar-refractivity contribution is -0.161. The van der Waals surface area contributed by atoms with Crippen molar-refractivity contribution < 1.29 is 80.2 Å². The molecule has 0 aromatic heterocycles. The summed E-state index contributed by atoms with van der Waals surface area (Å²) in [6.45, 7) is 9.44. The number of aliphatic hydroxyl groups is 1. The zero-order chi connectivity index (χ0) is 63.6. The van der Waals surface area contributed by atoms with Crippen LogP contribution in [0, 0.1) is 11.8 Å². The van der Waals surface area contributed by atoms with Crippen LogP contribution in [-0.2, 0) is 65.4 Å². The Morgan fingerprint density at radius 3 is 0.884 bits per heavy atom. The second-order valence-electron chi connectivity index (χ2n) is 24.9. The van der Waals surface area contributed by atoms with Crippen LogP contribution in [0.25, 0.3) is 0 Å². The molecule has 0 radical (unpaired) electrons. The molecule has 0 bridgehead atoms. The normalized spacial score (nSPS) is 14.5. The molecule has 17 nitrogen and oxygen atoms in total. The number of hydrogen-bond donors (Lipinski definition) is 3. The Labute approximate surface area is 524 Å². The first-order valence-electron chi connectivity index (χ1n) is 35.0. The molecule has 510 valence electrons. The monoisotopic (exact) mass is 1270 g/mol. The van der Waals surface area contributed by atoms with E-state index in [0.717, 1.165) is 102 Å². The number of aliphatic hydroxyl groups excluding tert-OH is 1. The Balaban J connectivity index is 5.25. The summed E-state index contributed by atoms with van der Waals surface area (Å²) in [6, 6.07) is 0. The molecule has 0 amide bonds. The number of ether oxygens (including phenoxy) is 4. The van der Waals surface area contributed by atoms with E-state index in [4.69, 9.17) is 37.0 Å². The molecule has 0 spiro atoms. The number of carbonyl (C=O) groups excluding carboxylic acids is 4. The summed E-state index contributed by atoms with van der Waals surface area (Å²) in [5.41, 5.74) is 0. The summed E-state index contributed by atoms with van der Waals surface area (Å²) >= 11 is 0. The summed E-state index contributed by atoms with van der Waals surface area (Å²) in [7, 11) is -9.89. The van der Waals surface area contributed by atoms with Gasteiger partial charge in [0.25, 0.3) is 0 Å². The Morgan fingerprint density at radius 1 is 0.337 bits per heavy atom. The first-order valence-corrected chi connectivity index (χ1v) is 38.0. The Morgan fingerprint density at radius 2 is 0.593 bits per heavy atom. The van der Waals surface area contributed by atoms with E-state index in [1.165, 1.54) is 148 Å². The largest absolute Gasteiger partial charge is 0.472 e. The minimum atomic E-state index is -4.95. The molecule has 0 rings (SSSR count). The molecular weight excluding hydrogens is 1140 g/mol. The quantitative estimate of drug-likeness (QED) is 0.0222. The Hall–Kier alpha value is -1.94. The van der Waals surface area contributed by atoms with Crippen LogP contribution in [0.5, 0.6) is 0 Å². The van der Waals surface area contributed by atoms with Gasteiger partial charge in [0, 0.05) is 25.7 Å². The summed E-state index contributed by atoms with van der Waals surface area (Å²) in [6.07, 6.45) is 43.0. The van der Waals surface area contributed by atoms with Gasteiger partial charge in [-0.3, -0.25) is 37.3 Å². The van der Waals surface area contributed by atoms with Gasteiger partial charge >= 0.3 is 39.5 Å². The number of carbonyl (C=O) groups is 4. The fourth-order valence-electron chi connectivity index (χ4n) is 10.0. The van der Waals surface area contributed by atoms with Crippen molar-refractivity contribution in [1.82, 2.24) is 0 Å². The first kappa shape index (κ1) is 84.1. The molecule has 3 N–H and O–H groups in total. The number of rotatable bonds is 66. The van der Waals surface area contributed by atoms with Crippen molar-refractivity contribution in [3.05, 3.63) is 0 Å². The summed E-state index contributed by atoms with van der Waals surface area (Å²) in [5.74, 6) is -0.672. The first-order chi connectivity index (χ1) is 41.4. The van der Waals surface area contributed by atoms with Crippen molar-refractivity contribution in [1.29, 1.82) is 0 Å². The standard InChI is InChI=1S/C67H130O17P2/c1-7-10-12-14-16-18-20-21-22-24-26-32-40-46-52-67(72)83-62(55-77-64(69)49-43-37-30-28-27-29-36-42-48-60(6)9-3)57-81-85(73,74)79-53-61(68)54-80-86(75,76)82-58-63(56-78-65(70)50-44-38-34-33-35-41-47-59(4)5)84-66(71)51-45-39-31-25-23-19-17-15-13-11-8-2/h59-63,68H,7-58H2,1-6H3,(H,73,74)(H,75,76)/t60?,61-,62-,63-/m1/s1. The van der Waals surface area contributed by atoms with Gasteiger partial charge in [-0.15, -0.1) is 0 Å².